The molecule has 0 saturated carbocycles. The molecule has 0 aliphatic carbocycles. The lowest BCUT2D eigenvalue weighted by molar-refractivity contribution is 0.0984. The van der Waals surface area contributed by atoms with Gasteiger partial charge in [0.25, 0.3) is 11.5 Å². The number of hydrogen-bond donors (Lipinski definition) is 2. The Kier molecular flexibility index (Phi) is 6.00. The van der Waals surface area contributed by atoms with Crippen molar-refractivity contribution >= 4 is 28.7 Å². The molecule has 0 unspecified atom stereocenters. The molecule has 0 aliphatic rings. The highest BCUT2D eigenvalue weighted by Crippen LogP contribution is 2.25. The Hall–Kier alpha value is -3.98. The minimum absolute atomic E-state index is 0.0673. The molecule has 3 N–H and O–H groups in total. The summed E-state index contributed by atoms with van der Waals surface area (Å²) in [5.41, 5.74) is 6.77. The summed E-state index contributed by atoms with van der Waals surface area (Å²) >= 11 is 1.34. The summed E-state index contributed by atoms with van der Waals surface area (Å²) in [6.07, 6.45) is 0. The number of H-pyrrole nitrogens is 1. The second kappa shape index (κ2) is 9.03. The lowest BCUT2D eigenvalue weighted by Crippen LogP contribution is -2.41. The number of carbonyl (C=O) groups is 1. The van der Waals surface area contributed by atoms with Gasteiger partial charge in [-0.15, -0.1) is 11.3 Å². The maximum atomic E-state index is 13.3. The molecular formula is C23H21N5O3S. The molecule has 4 rings (SSSR count). The molecule has 0 radical (unpaired) electrons. The standard InChI is InChI=1S/C23H21N5O3S/c1-2-27(22(30)17-14-32-21(25-17)16-11-7-4-8-12-16)18-19(24)28(23(31)26-20(18)29)13-15-9-5-3-6-10-15/h3-12,14H,2,13,24H2,1H3,(H,26,29,31). The maximum absolute atomic E-state index is 13.3. The van der Waals surface area contributed by atoms with Crippen LogP contribution in [0.25, 0.3) is 10.6 Å². The number of nitrogens with one attached hydrogen (secondary N) is 1. The van der Waals surface area contributed by atoms with Gasteiger partial charge in [-0.05, 0) is 12.5 Å². The van der Waals surface area contributed by atoms with Gasteiger partial charge in [0.05, 0.1) is 6.54 Å². The molecule has 8 nitrogen and oxygen atoms in total. The first-order valence-electron chi connectivity index (χ1n) is 9.99. The van der Waals surface area contributed by atoms with Gasteiger partial charge in [0.15, 0.2) is 5.69 Å². The van der Waals surface area contributed by atoms with E-state index in [4.69, 9.17) is 5.73 Å². The Balaban J connectivity index is 1.72. The third kappa shape index (κ3) is 4.10. The van der Waals surface area contributed by atoms with Gasteiger partial charge in [0.1, 0.15) is 16.5 Å². The molecule has 2 aromatic carbocycles. The van der Waals surface area contributed by atoms with Gasteiger partial charge in [-0.2, -0.15) is 0 Å². The van der Waals surface area contributed by atoms with Crippen molar-refractivity contribution in [2.24, 2.45) is 0 Å². The molecule has 2 heterocycles. The van der Waals surface area contributed by atoms with Crippen molar-refractivity contribution in [3.05, 3.63) is 98.1 Å². The summed E-state index contributed by atoms with van der Waals surface area (Å²) < 4.78 is 1.25. The van der Waals surface area contributed by atoms with Gasteiger partial charge >= 0.3 is 5.69 Å². The van der Waals surface area contributed by atoms with Crippen molar-refractivity contribution < 1.29 is 4.79 Å². The number of carbonyl (C=O) groups excluding carboxylic acids is 1. The van der Waals surface area contributed by atoms with E-state index in [2.05, 4.69) is 9.97 Å². The van der Waals surface area contributed by atoms with Crippen LogP contribution in [0.2, 0.25) is 0 Å². The predicted octanol–water partition coefficient (Wildman–Crippen LogP) is 2.96. The Morgan fingerprint density at radius 3 is 2.41 bits per heavy atom. The van der Waals surface area contributed by atoms with Gasteiger partial charge in [-0.25, -0.2) is 9.78 Å². The van der Waals surface area contributed by atoms with Crippen LogP contribution in [0, 0.1) is 0 Å². The SMILES string of the molecule is CCN(C(=O)c1csc(-c2ccccc2)n1)c1c(N)n(Cc2ccccc2)c(=O)[nH]c1=O. The van der Waals surface area contributed by atoms with E-state index in [1.807, 2.05) is 60.7 Å². The van der Waals surface area contributed by atoms with Gasteiger partial charge in [-0.1, -0.05) is 60.7 Å². The zero-order valence-electron chi connectivity index (χ0n) is 17.3. The van der Waals surface area contributed by atoms with Crippen LogP contribution < -0.4 is 21.9 Å². The number of hydrogen-bond acceptors (Lipinski definition) is 6. The molecule has 0 atom stereocenters. The Bertz CT molecular complexity index is 1360. The summed E-state index contributed by atoms with van der Waals surface area (Å²) in [7, 11) is 0. The van der Waals surface area contributed by atoms with Crippen molar-refractivity contribution in [3.63, 3.8) is 0 Å². The minimum atomic E-state index is -0.717. The van der Waals surface area contributed by atoms with Crippen LogP contribution in [-0.2, 0) is 6.54 Å². The lowest BCUT2D eigenvalue weighted by atomic mass is 10.2. The fourth-order valence-electron chi connectivity index (χ4n) is 3.39. The van der Waals surface area contributed by atoms with Crippen molar-refractivity contribution in [2.75, 3.05) is 17.2 Å². The second-order valence-electron chi connectivity index (χ2n) is 7.02. The first-order valence-corrected chi connectivity index (χ1v) is 10.9. The summed E-state index contributed by atoms with van der Waals surface area (Å²) in [5.74, 6) is -0.538. The monoisotopic (exact) mass is 447 g/mol. The van der Waals surface area contributed by atoms with Crippen LogP contribution in [0.1, 0.15) is 23.0 Å². The average molecular weight is 448 g/mol. The largest absolute Gasteiger partial charge is 0.383 e. The van der Waals surface area contributed by atoms with E-state index in [1.54, 1.807) is 12.3 Å². The fraction of sp³-hybridized carbons (Fsp3) is 0.130. The molecule has 162 valence electrons. The van der Waals surface area contributed by atoms with E-state index < -0.39 is 17.2 Å². The van der Waals surface area contributed by atoms with E-state index in [1.165, 1.54) is 20.8 Å². The van der Waals surface area contributed by atoms with Gasteiger partial charge in [0.2, 0.25) is 0 Å². The Morgan fingerprint density at radius 2 is 1.75 bits per heavy atom. The number of thiazole rings is 1. The van der Waals surface area contributed by atoms with Crippen LogP contribution in [0.3, 0.4) is 0 Å². The Labute approximate surface area is 187 Å². The number of amides is 1. The number of aromatic nitrogens is 3. The second-order valence-corrected chi connectivity index (χ2v) is 7.88. The normalized spacial score (nSPS) is 10.8. The van der Waals surface area contributed by atoms with Crippen LogP contribution in [-0.4, -0.2) is 27.0 Å². The summed E-state index contributed by atoms with van der Waals surface area (Å²) in [4.78, 5) is 46.3. The molecule has 0 aliphatic heterocycles. The van der Waals surface area contributed by atoms with E-state index in [9.17, 15) is 14.4 Å². The average Bonchev–Trinajstić information content (AvgIpc) is 3.31. The van der Waals surface area contributed by atoms with Crippen LogP contribution in [0.5, 0.6) is 0 Å². The third-order valence-electron chi connectivity index (χ3n) is 4.97. The molecule has 32 heavy (non-hydrogen) atoms. The number of aromatic amines is 1. The molecule has 9 heteroatoms. The highest BCUT2D eigenvalue weighted by atomic mass is 32.1. The van der Waals surface area contributed by atoms with E-state index >= 15 is 0 Å². The van der Waals surface area contributed by atoms with E-state index in [-0.39, 0.29) is 30.3 Å². The van der Waals surface area contributed by atoms with Crippen molar-refractivity contribution in [1.82, 2.24) is 14.5 Å². The Morgan fingerprint density at radius 1 is 1.09 bits per heavy atom. The highest BCUT2D eigenvalue weighted by molar-refractivity contribution is 7.13. The van der Waals surface area contributed by atoms with Gasteiger partial charge in [-0.3, -0.25) is 24.0 Å². The van der Waals surface area contributed by atoms with Gasteiger partial charge < -0.3 is 5.73 Å². The summed E-state index contributed by atoms with van der Waals surface area (Å²) in [5, 5.41) is 2.35. The molecule has 0 saturated heterocycles. The number of nitrogens with zero attached hydrogens (tertiary/aromatic N) is 3. The topological polar surface area (TPSA) is 114 Å². The number of nitrogen functional groups attached to an aromatic ring is 1. The highest BCUT2D eigenvalue weighted by Gasteiger charge is 2.26. The van der Waals surface area contributed by atoms with E-state index in [0.29, 0.717) is 5.01 Å². The zero-order valence-corrected chi connectivity index (χ0v) is 18.1. The summed E-state index contributed by atoms with van der Waals surface area (Å²) in [6, 6.07) is 18.8. The molecule has 0 bridgehead atoms. The third-order valence-corrected chi connectivity index (χ3v) is 5.86. The first kappa shape index (κ1) is 21.3. The first-order chi connectivity index (χ1) is 15.5. The van der Waals surface area contributed by atoms with E-state index in [0.717, 1.165) is 11.1 Å². The summed E-state index contributed by atoms with van der Waals surface area (Å²) in [6.45, 7) is 2.07. The van der Waals surface area contributed by atoms with Crippen LogP contribution >= 0.6 is 11.3 Å². The number of rotatable bonds is 6. The minimum Gasteiger partial charge on any atom is -0.383 e. The number of anilines is 2. The van der Waals surface area contributed by atoms with Crippen molar-refractivity contribution in [1.29, 1.82) is 0 Å². The van der Waals surface area contributed by atoms with Crippen molar-refractivity contribution in [2.45, 2.75) is 13.5 Å². The quantitative estimate of drug-likeness (QED) is 0.472. The maximum Gasteiger partial charge on any atom is 0.330 e. The molecule has 0 fully saturated rings. The van der Waals surface area contributed by atoms with Crippen molar-refractivity contribution in [3.8, 4) is 10.6 Å². The molecule has 1 amide bonds. The van der Waals surface area contributed by atoms with Crippen LogP contribution in [0.4, 0.5) is 11.5 Å². The molecule has 0 spiro atoms. The van der Waals surface area contributed by atoms with Crippen LogP contribution in [0.15, 0.2) is 75.6 Å². The number of benzene rings is 2. The zero-order chi connectivity index (χ0) is 22.7. The smallest absolute Gasteiger partial charge is 0.330 e. The fourth-order valence-corrected chi connectivity index (χ4v) is 4.19. The molecular weight excluding hydrogens is 426 g/mol. The molecule has 4 aromatic rings. The van der Waals surface area contributed by atoms with Gasteiger partial charge in [0, 0.05) is 17.5 Å². The molecule has 2 aromatic heterocycles. The predicted molar refractivity (Wildman–Crippen MR) is 126 cm³/mol. The lowest BCUT2D eigenvalue weighted by Gasteiger charge is -2.22. The number of nitrogens with two attached hydrogens (primary N) is 1.